The van der Waals surface area contributed by atoms with E-state index in [1.54, 1.807) is 13.0 Å². The number of carbonyl (C=O) groups excluding carboxylic acids is 2. The highest BCUT2D eigenvalue weighted by molar-refractivity contribution is 8.01. The van der Waals surface area contributed by atoms with Crippen molar-refractivity contribution in [2.24, 2.45) is 0 Å². The van der Waals surface area contributed by atoms with Crippen LogP contribution in [0.5, 0.6) is 0 Å². The van der Waals surface area contributed by atoms with Crippen LogP contribution in [0, 0.1) is 0 Å². The second-order valence-electron chi connectivity index (χ2n) is 3.72. The molecule has 1 aromatic rings. The first-order valence-corrected chi connectivity index (χ1v) is 6.42. The van der Waals surface area contributed by atoms with Gasteiger partial charge in [0, 0.05) is 4.90 Å². The monoisotopic (exact) mass is 267 g/mol. The van der Waals surface area contributed by atoms with Gasteiger partial charge in [-0.05, 0) is 19.1 Å². The van der Waals surface area contributed by atoms with Crippen LogP contribution in [-0.4, -0.2) is 34.9 Å². The molecule has 0 saturated carbocycles. The van der Waals surface area contributed by atoms with Crippen LogP contribution >= 0.6 is 11.8 Å². The van der Waals surface area contributed by atoms with Gasteiger partial charge in [0.2, 0.25) is 5.91 Å². The average molecular weight is 267 g/mol. The summed E-state index contributed by atoms with van der Waals surface area (Å²) in [5, 5.41) is 11.6. The maximum atomic E-state index is 11.8. The number of para-hydroxylation sites is 1. The smallest absolute Gasteiger partial charge is 0.336 e. The van der Waals surface area contributed by atoms with Crippen molar-refractivity contribution in [2.45, 2.75) is 23.2 Å². The van der Waals surface area contributed by atoms with E-state index in [9.17, 15) is 14.7 Å². The molecule has 5 nitrogen and oxygen atoms in total. The Morgan fingerprint density at radius 1 is 1.56 bits per heavy atom. The number of hydrogen-bond donors (Lipinski definition) is 2. The van der Waals surface area contributed by atoms with Crippen LogP contribution < -0.4 is 5.32 Å². The van der Waals surface area contributed by atoms with Gasteiger partial charge in [0.05, 0.1) is 12.3 Å². The number of fused-ring (bicyclic) bond motifs is 1. The molecule has 1 aliphatic heterocycles. The minimum absolute atomic E-state index is 0.172. The second kappa shape index (κ2) is 5.41. The van der Waals surface area contributed by atoms with Gasteiger partial charge in [-0.25, -0.2) is 4.79 Å². The third kappa shape index (κ3) is 2.49. The van der Waals surface area contributed by atoms with Gasteiger partial charge in [0.25, 0.3) is 0 Å². The Morgan fingerprint density at radius 3 is 3.00 bits per heavy atom. The summed E-state index contributed by atoms with van der Waals surface area (Å²) in [5.41, 5.74) is 0.694. The first kappa shape index (κ1) is 12.9. The average Bonchev–Trinajstić information content (AvgIpc) is 2.37. The highest BCUT2D eigenvalue weighted by atomic mass is 32.2. The molecule has 0 saturated heterocycles. The number of aliphatic hydroxyl groups is 1. The Kier molecular flexibility index (Phi) is 3.88. The first-order valence-electron chi connectivity index (χ1n) is 5.54. The standard InChI is InChI=1S/C12H13NO4S/c1-2-17-12(16)9(14)10-11(15)13-7-5-3-4-6-8(7)18-10/h3-6,9-10,14H,2H2,1H3,(H,13,15)/t9-,10+/m1/s1. The molecule has 0 radical (unpaired) electrons. The van der Waals surface area contributed by atoms with E-state index in [0.717, 1.165) is 16.7 Å². The molecular formula is C12H13NO4S. The lowest BCUT2D eigenvalue weighted by molar-refractivity contribution is -0.154. The van der Waals surface area contributed by atoms with Crippen LogP contribution in [0.4, 0.5) is 5.69 Å². The number of anilines is 1. The van der Waals surface area contributed by atoms with E-state index in [1.807, 2.05) is 18.2 Å². The molecule has 0 spiro atoms. The number of thioether (sulfide) groups is 1. The number of carbonyl (C=O) groups is 2. The van der Waals surface area contributed by atoms with Gasteiger partial charge in [-0.15, -0.1) is 11.8 Å². The lowest BCUT2D eigenvalue weighted by Crippen LogP contribution is -2.43. The lowest BCUT2D eigenvalue weighted by Gasteiger charge is -2.26. The maximum absolute atomic E-state index is 11.8. The van der Waals surface area contributed by atoms with E-state index in [-0.39, 0.29) is 12.5 Å². The van der Waals surface area contributed by atoms with E-state index < -0.39 is 17.3 Å². The molecule has 2 atom stereocenters. The Hall–Kier alpha value is -1.53. The van der Waals surface area contributed by atoms with Crippen molar-refractivity contribution < 1.29 is 19.4 Å². The number of esters is 1. The van der Waals surface area contributed by atoms with Crippen molar-refractivity contribution in [3.63, 3.8) is 0 Å². The van der Waals surface area contributed by atoms with Gasteiger partial charge in [-0.3, -0.25) is 4.79 Å². The molecule has 96 valence electrons. The van der Waals surface area contributed by atoms with Crippen molar-refractivity contribution in [3.8, 4) is 0 Å². The second-order valence-corrected chi connectivity index (χ2v) is 4.90. The Balaban J connectivity index is 2.17. The minimum atomic E-state index is -1.46. The number of benzene rings is 1. The van der Waals surface area contributed by atoms with Crippen LogP contribution in [0.25, 0.3) is 0 Å². The summed E-state index contributed by atoms with van der Waals surface area (Å²) in [5.74, 6) is -1.16. The molecule has 2 N–H and O–H groups in total. The first-order chi connectivity index (χ1) is 8.63. The fourth-order valence-electron chi connectivity index (χ4n) is 1.63. The van der Waals surface area contributed by atoms with Crippen LogP contribution in [-0.2, 0) is 14.3 Å². The quantitative estimate of drug-likeness (QED) is 0.800. The number of amides is 1. The maximum Gasteiger partial charge on any atom is 0.336 e. The van der Waals surface area contributed by atoms with Gasteiger partial charge in [-0.2, -0.15) is 0 Å². The fourth-order valence-corrected chi connectivity index (χ4v) is 2.71. The SMILES string of the molecule is CCOC(=O)[C@H](O)[C@@H]1Sc2ccccc2NC1=O. The topological polar surface area (TPSA) is 75.6 Å². The summed E-state index contributed by atoms with van der Waals surface area (Å²) in [7, 11) is 0. The number of aliphatic hydroxyl groups excluding tert-OH is 1. The molecule has 2 rings (SSSR count). The van der Waals surface area contributed by atoms with E-state index in [4.69, 9.17) is 4.74 Å². The summed E-state index contributed by atoms with van der Waals surface area (Å²) in [4.78, 5) is 24.1. The molecule has 1 amide bonds. The van der Waals surface area contributed by atoms with Crippen molar-refractivity contribution >= 4 is 29.3 Å². The van der Waals surface area contributed by atoms with Crippen molar-refractivity contribution in [2.75, 3.05) is 11.9 Å². The zero-order valence-electron chi connectivity index (χ0n) is 9.75. The molecule has 1 aliphatic rings. The van der Waals surface area contributed by atoms with Crippen LogP contribution in [0.2, 0.25) is 0 Å². The zero-order valence-corrected chi connectivity index (χ0v) is 10.6. The van der Waals surface area contributed by atoms with Crippen LogP contribution in [0.15, 0.2) is 29.2 Å². The Morgan fingerprint density at radius 2 is 2.28 bits per heavy atom. The van der Waals surface area contributed by atoms with Gasteiger partial charge < -0.3 is 15.2 Å². The number of rotatable bonds is 3. The molecule has 0 unspecified atom stereocenters. The normalized spacial score (nSPS) is 19.7. The molecule has 18 heavy (non-hydrogen) atoms. The van der Waals surface area contributed by atoms with E-state index in [0.29, 0.717) is 5.69 Å². The predicted octanol–water partition coefficient (Wildman–Crippen LogP) is 1.02. The third-order valence-corrected chi connectivity index (χ3v) is 3.81. The molecule has 1 heterocycles. The molecule has 0 aliphatic carbocycles. The van der Waals surface area contributed by atoms with E-state index in [2.05, 4.69) is 5.32 Å². The molecule has 0 fully saturated rings. The van der Waals surface area contributed by atoms with Gasteiger partial charge >= 0.3 is 5.97 Å². The van der Waals surface area contributed by atoms with Crippen LogP contribution in [0.1, 0.15) is 6.92 Å². The minimum Gasteiger partial charge on any atom is -0.464 e. The van der Waals surface area contributed by atoms with Gasteiger partial charge in [0.1, 0.15) is 5.25 Å². The zero-order chi connectivity index (χ0) is 13.1. The largest absolute Gasteiger partial charge is 0.464 e. The molecule has 0 bridgehead atoms. The van der Waals surface area contributed by atoms with Gasteiger partial charge in [0.15, 0.2) is 6.10 Å². The summed E-state index contributed by atoms with van der Waals surface area (Å²) in [6.45, 7) is 1.82. The summed E-state index contributed by atoms with van der Waals surface area (Å²) >= 11 is 1.16. The predicted molar refractivity (Wildman–Crippen MR) is 67.4 cm³/mol. The van der Waals surface area contributed by atoms with Crippen molar-refractivity contribution in [3.05, 3.63) is 24.3 Å². The number of ether oxygens (including phenoxy) is 1. The highest BCUT2D eigenvalue weighted by Gasteiger charge is 2.37. The van der Waals surface area contributed by atoms with Crippen molar-refractivity contribution in [1.29, 1.82) is 0 Å². The lowest BCUT2D eigenvalue weighted by atomic mass is 10.2. The Bertz CT molecular complexity index is 477. The van der Waals surface area contributed by atoms with E-state index in [1.165, 1.54) is 0 Å². The van der Waals surface area contributed by atoms with E-state index >= 15 is 0 Å². The summed E-state index contributed by atoms with van der Waals surface area (Å²) < 4.78 is 4.71. The van der Waals surface area contributed by atoms with Gasteiger partial charge in [-0.1, -0.05) is 12.1 Å². The molecule has 6 heteroatoms. The fraction of sp³-hybridized carbons (Fsp3) is 0.333. The third-order valence-electron chi connectivity index (χ3n) is 2.47. The number of hydrogen-bond acceptors (Lipinski definition) is 5. The van der Waals surface area contributed by atoms with Crippen LogP contribution in [0.3, 0.4) is 0 Å². The summed E-state index contributed by atoms with van der Waals surface area (Å²) in [6.07, 6.45) is -1.46. The molecule has 1 aromatic carbocycles. The summed E-state index contributed by atoms with van der Waals surface area (Å²) in [6, 6.07) is 7.23. The van der Waals surface area contributed by atoms with Crippen molar-refractivity contribution in [1.82, 2.24) is 0 Å². The highest BCUT2D eigenvalue weighted by Crippen LogP contribution is 2.36. The molecular weight excluding hydrogens is 254 g/mol. The number of nitrogens with one attached hydrogen (secondary N) is 1. The Labute approximate surface area is 109 Å². The molecule has 0 aromatic heterocycles.